The van der Waals surface area contributed by atoms with Crippen molar-refractivity contribution in [1.29, 1.82) is 0 Å². The smallest absolute Gasteiger partial charge is 0.236 e. The minimum absolute atomic E-state index is 0.152. The number of rotatable bonds is 6. The van der Waals surface area contributed by atoms with Crippen LogP contribution in [0.25, 0.3) is 16.7 Å². The number of amides is 1. The van der Waals surface area contributed by atoms with E-state index in [9.17, 15) is 4.79 Å². The van der Waals surface area contributed by atoms with Gasteiger partial charge in [0.15, 0.2) is 5.65 Å². The van der Waals surface area contributed by atoms with E-state index in [1.165, 1.54) is 29.4 Å². The standard InChI is InChI=1S/C17H15N7OS2/c1-2-14-22-23-17(27-14)21-13(25)9-26-16-12-8-20-24(15(12)18-10-19-16)11-6-4-3-5-7-11/h3-8,10H,2,9H2,1H3,(H,21,23,25). The summed E-state index contributed by atoms with van der Waals surface area (Å²) in [5, 5.41) is 18.1. The molecule has 0 aliphatic heterocycles. The first-order chi connectivity index (χ1) is 13.2. The number of nitrogens with zero attached hydrogens (tertiary/aromatic N) is 6. The maximum absolute atomic E-state index is 12.2. The Balaban J connectivity index is 1.49. The fourth-order valence-corrected chi connectivity index (χ4v) is 3.89. The number of carbonyl (C=O) groups excluding carboxylic acids is 1. The van der Waals surface area contributed by atoms with Crippen molar-refractivity contribution in [3.8, 4) is 5.69 Å². The van der Waals surface area contributed by atoms with Crippen LogP contribution < -0.4 is 5.32 Å². The van der Waals surface area contributed by atoms with E-state index in [1.807, 2.05) is 37.3 Å². The van der Waals surface area contributed by atoms with Crippen LogP contribution in [0, 0.1) is 0 Å². The van der Waals surface area contributed by atoms with Gasteiger partial charge in [-0.1, -0.05) is 48.2 Å². The topological polar surface area (TPSA) is 98.5 Å². The maximum atomic E-state index is 12.2. The molecule has 1 amide bonds. The Morgan fingerprint density at radius 1 is 1.22 bits per heavy atom. The molecule has 0 radical (unpaired) electrons. The highest BCUT2D eigenvalue weighted by Crippen LogP contribution is 2.26. The molecule has 3 heterocycles. The van der Waals surface area contributed by atoms with Crippen LogP contribution in [0.3, 0.4) is 0 Å². The van der Waals surface area contributed by atoms with Crippen molar-refractivity contribution in [2.75, 3.05) is 11.1 Å². The predicted molar refractivity (Wildman–Crippen MR) is 105 cm³/mol. The largest absolute Gasteiger partial charge is 0.300 e. The number of fused-ring (bicyclic) bond motifs is 1. The fraction of sp³-hybridized carbons (Fsp3) is 0.176. The number of hydrogen-bond acceptors (Lipinski definition) is 8. The highest BCUT2D eigenvalue weighted by molar-refractivity contribution is 8.00. The SMILES string of the molecule is CCc1nnc(NC(=O)CSc2ncnc3c2cnn3-c2ccccc2)s1. The van der Waals surface area contributed by atoms with Gasteiger partial charge in [0.1, 0.15) is 16.4 Å². The molecule has 8 nitrogen and oxygen atoms in total. The van der Waals surface area contributed by atoms with E-state index < -0.39 is 0 Å². The van der Waals surface area contributed by atoms with Gasteiger partial charge in [0.05, 0.1) is 23.0 Å². The van der Waals surface area contributed by atoms with E-state index in [2.05, 4.69) is 30.6 Å². The van der Waals surface area contributed by atoms with Gasteiger partial charge in [0.25, 0.3) is 0 Å². The molecular formula is C17H15N7OS2. The summed E-state index contributed by atoms with van der Waals surface area (Å²) in [7, 11) is 0. The molecule has 0 aliphatic carbocycles. The lowest BCUT2D eigenvalue weighted by molar-refractivity contribution is -0.113. The van der Waals surface area contributed by atoms with Crippen LogP contribution in [0.2, 0.25) is 0 Å². The molecule has 0 unspecified atom stereocenters. The number of hydrogen-bond donors (Lipinski definition) is 1. The molecule has 0 aliphatic rings. The molecular weight excluding hydrogens is 382 g/mol. The fourth-order valence-electron chi connectivity index (χ4n) is 2.43. The number of aryl methyl sites for hydroxylation is 1. The molecule has 0 fully saturated rings. The second-order valence-electron chi connectivity index (χ2n) is 5.50. The summed E-state index contributed by atoms with van der Waals surface area (Å²) >= 11 is 2.72. The Morgan fingerprint density at radius 3 is 2.85 bits per heavy atom. The van der Waals surface area contributed by atoms with Gasteiger partial charge in [-0.2, -0.15) is 5.10 Å². The summed E-state index contributed by atoms with van der Waals surface area (Å²) in [6.07, 6.45) is 4.01. The summed E-state index contributed by atoms with van der Waals surface area (Å²) in [5.41, 5.74) is 1.62. The molecule has 0 saturated heterocycles. The summed E-state index contributed by atoms with van der Waals surface area (Å²) in [5.74, 6) is 0.0601. The zero-order valence-electron chi connectivity index (χ0n) is 14.4. The van der Waals surface area contributed by atoms with Crippen molar-refractivity contribution in [3.63, 3.8) is 0 Å². The van der Waals surface area contributed by atoms with Crippen molar-refractivity contribution in [2.24, 2.45) is 0 Å². The molecule has 136 valence electrons. The maximum Gasteiger partial charge on any atom is 0.236 e. The average molecular weight is 397 g/mol. The molecule has 27 heavy (non-hydrogen) atoms. The first-order valence-corrected chi connectivity index (χ1v) is 10.0. The van der Waals surface area contributed by atoms with Gasteiger partial charge < -0.3 is 0 Å². The van der Waals surface area contributed by atoms with Gasteiger partial charge in [0, 0.05) is 0 Å². The van der Waals surface area contributed by atoms with E-state index in [0.717, 1.165) is 22.5 Å². The number of para-hydroxylation sites is 1. The quantitative estimate of drug-likeness (QED) is 0.394. The van der Waals surface area contributed by atoms with Gasteiger partial charge >= 0.3 is 0 Å². The van der Waals surface area contributed by atoms with E-state index >= 15 is 0 Å². The Hall–Kier alpha value is -2.85. The third kappa shape index (κ3) is 3.81. The number of benzene rings is 1. The number of thioether (sulfide) groups is 1. The third-order valence-electron chi connectivity index (χ3n) is 3.69. The molecule has 1 aromatic carbocycles. The third-order valence-corrected chi connectivity index (χ3v) is 5.67. The lowest BCUT2D eigenvalue weighted by atomic mass is 10.3. The van der Waals surface area contributed by atoms with E-state index in [1.54, 1.807) is 10.9 Å². The van der Waals surface area contributed by atoms with E-state index in [-0.39, 0.29) is 11.7 Å². The van der Waals surface area contributed by atoms with E-state index in [0.29, 0.717) is 15.8 Å². The molecule has 0 atom stereocenters. The Bertz CT molecular complexity index is 1080. The second-order valence-corrected chi connectivity index (χ2v) is 7.53. The molecule has 0 saturated carbocycles. The second kappa shape index (κ2) is 7.80. The van der Waals surface area contributed by atoms with Gasteiger partial charge in [-0.05, 0) is 18.6 Å². The zero-order chi connectivity index (χ0) is 18.6. The number of aromatic nitrogens is 6. The van der Waals surface area contributed by atoms with Crippen molar-refractivity contribution in [1.82, 2.24) is 29.9 Å². The van der Waals surface area contributed by atoms with Crippen molar-refractivity contribution in [3.05, 3.63) is 47.9 Å². The van der Waals surface area contributed by atoms with Gasteiger partial charge in [-0.3, -0.25) is 10.1 Å². The Kier molecular flexibility index (Phi) is 5.07. The summed E-state index contributed by atoms with van der Waals surface area (Å²) in [6.45, 7) is 2.00. The van der Waals surface area contributed by atoms with Crippen molar-refractivity contribution < 1.29 is 4.79 Å². The van der Waals surface area contributed by atoms with Crippen LogP contribution in [0.15, 0.2) is 47.9 Å². The van der Waals surface area contributed by atoms with Crippen LogP contribution >= 0.6 is 23.1 Å². The van der Waals surface area contributed by atoms with Gasteiger partial charge in [-0.25, -0.2) is 14.6 Å². The first kappa shape index (κ1) is 17.6. The molecule has 4 rings (SSSR count). The molecule has 3 aromatic heterocycles. The zero-order valence-corrected chi connectivity index (χ0v) is 16.0. The van der Waals surface area contributed by atoms with Gasteiger partial charge in [0.2, 0.25) is 11.0 Å². The lowest BCUT2D eigenvalue weighted by Crippen LogP contribution is -2.14. The minimum Gasteiger partial charge on any atom is -0.300 e. The Morgan fingerprint density at radius 2 is 2.07 bits per heavy atom. The minimum atomic E-state index is -0.152. The normalized spacial score (nSPS) is 11.0. The van der Waals surface area contributed by atoms with Crippen molar-refractivity contribution in [2.45, 2.75) is 18.4 Å². The summed E-state index contributed by atoms with van der Waals surface area (Å²) < 4.78 is 1.76. The van der Waals surface area contributed by atoms with Crippen LogP contribution in [-0.4, -0.2) is 41.6 Å². The summed E-state index contributed by atoms with van der Waals surface area (Å²) in [6, 6.07) is 9.76. The monoisotopic (exact) mass is 397 g/mol. The number of nitrogens with one attached hydrogen (secondary N) is 1. The van der Waals surface area contributed by atoms with E-state index in [4.69, 9.17) is 0 Å². The average Bonchev–Trinajstić information content (AvgIpc) is 3.34. The molecule has 0 spiro atoms. The highest BCUT2D eigenvalue weighted by atomic mass is 32.2. The lowest BCUT2D eigenvalue weighted by Gasteiger charge is -2.04. The summed E-state index contributed by atoms with van der Waals surface area (Å²) in [4.78, 5) is 20.8. The van der Waals surface area contributed by atoms with Crippen LogP contribution in [-0.2, 0) is 11.2 Å². The van der Waals surface area contributed by atoms with Crippen molar-refractivity contribution >= 4 is 45.2 Å². The van der Waals surface area contributed by atoms with Crippen LogP contribution in [0.5, 0.6) is 0 Å². The van der Waals surface area contributed by atoms with Crippen LogP contribution in [0.4, 0.5) is 5.13 Å². The molecule has 1 N–H and O–H groups in total. The number of anilines is 1. The Labute approximate surface area is 163 Å². The predicted octanol–water partition coefficient (Wildman–Crippen LogP) is 2.96. The molecule has 10 heteroatoms. The molecule has 4 aromatic rings. The van der Waals surface area contributed by atoms with Crippen LogP contribution in [0.1, 0.15) is 11.9 Å². The van der Waals surface area contributed by atoms with Gasteiger partial charge in [-0.15, -0.1) is 10.2 Å². The number of carbonyl (C=O) groups is 1. The first-order valence-electron chi connectivity index (χ1n) is 8.23. The molecule has 0 bridgehead atoms. The highest BCUT2D eigenvalue weighted by Gasteiger charge is 2.14.